The Morgan fingerprint density at radius 1 is 0.538 bits per heavy atom. The first kappa shape index (κ1) is 27.7. The summed E-state index contributed by atoms with van der Waals surface area (Å²) in [7, 11) is 0. The van der Waals surface area contributed by atoms with Gasteiger partial charge in [0.05, 0.1) is 13.2 Å². The minimum absolute atomic E-state index is 0. The van der Waals surface area contributed by atoms with E-state index in [4.69, 9.17) is 24.4 Å². The lowest BCUT2D eigenvalue weighted by atomic mass is 9.98. The molecule has 26 heavy (non-hydrogen) atoms. The summed E-state index contributed by atoms with van der Waals surface area (Å²) < 4.78 is 15.3. The van der Waals surface area contributed by atoms with E-state index >= 15 is 0 Å². The smallest absolute Gasteiger partial charge is 0.189 e. The Bertz CT molecular complexity index is 347. The van der Waals surface area contributed by atoms with Crippen molar-refractivity contribution in [3.8, 4) is 0 Å². The number of hydrogen-bond acceptors (Lipinski definition) is 11. The van der Waals surface area contributed by atoms with Gasteiger partial charge in [0.15, 0.2) is 12.6 Å². The van der Waals surface area contributed by atoms with E-state index in [2.05, 4.69) is 0 Å². The van der Waals surface area contributed by atoms with E-state index in [1.807, 2.05) is 0 Å². The summed E-state index contributed by atoms with van der Waals surface area (Å²) >= 11 is 0. The summed E-state index contributed by atoms with van der Waals surface area (Å²) in [6, 6.07) is 0. The normalized spacial score (nSPS) is 45.7. The number of ether oxygens (including phenoxy) is 3. The van der Waals surface area contributed by atoms with Gasteiger partial charge in [0.1, 0.15) is 48.8 Å². The largest absolute Gasteiger partial charge is 0.412 e. The number of hydrogen-bond donors (Lipinski definition) is 8. The molecule has 0 aliphatic carbocycles. The molecule has 2 rings (SSSR count). The topological polar surface area (TPSA) is 284 Å². The third-order valence-corrected chi connectivity index (χ3v) is 3.97. The molecular formula is C12H28O14. The summed E-state index contributed by atoms with van der Waals surface area (Å²) in [5.74, 6) is 0. The zero-order chi connectivity index (χ0) is 17.3. The van der Waals surface area contributed by atoms with Crippen molar-refractivity contribution >= 4 is 0 Å². The molecule has 0 amide bonds. The lowest BCUT2D eigenvalue weighted by Crippen LogP contribution is -2.63. The lowest BCUT2D eigenvalue weighted by molar-refractivity contribution is -0.376. The summed E-state index contributed by atoms with van der Waals surface area (Å²) in [6.45, 7) is -1.33. The summed E-state index contributed by atoms with van der Waals surface area (Å²) in [6.07, 6.45) is -15.6. The van der Waals surface area contributed by atoms with Crippen molar-refractivity contribution in [1.82, 2.24) is 0 Å². The van der Waals surface area contributed by atoms with E-state index in [0.717, 1.165) is 0 Å². The van der Waals surface area contributed by atoms with Gasteiger partial charge < -0.3 is 71.5 Å². The van der Waals surface area contributed by atoms with Gasteiger partial charge in [0.25, 0.3) is 0 Å². The van der Waals surface area contributed by atoms with E-state index in [0.29, 0.717) is 0 Å². The average Bonchev–Trinajstić information content (AvgIpc) is 2.55. The number of aliphatic hydroxyl groups is 8. The highest BCUT2D eigenvalue weighted by molar-refractivity contribution is 4.92. The minimum Gasteiger partial charge on any atom is -0.412 e. The van der Waals surface area contributed by atoms with Crippen molar-refractivity contribution in [1.29, 1.82) is 0 Å². The average molecular weight is 396 g/mol. The van der Waals surface area contributed by atoms with Gasteiger partial charge in [-0.1, -0.05) is 0 Å². The van der Waals surface area contributed by atoms with Crippen molar-refractivity contribution < 1.29 is 71.5 Å². The van der Waals surface area contributed by atoms with Gasteiger partial charge in [-0.2, -0.15) is 0 Å². The maximum Gasteiger partial charge on any atom is 0.189 e. The Hall–Kier alpha value is -0.560. The summed E-state index contributed by atoms with van der Waals surface area (Å²) in [5, 5.41) is 76.4. The molecule has 0 aromatic rings. The van der Waals surface area contributed by atoms with Gasteiger partial charge in [-0.15, -0.1) is 0 Å². The van der Waals surface area contributed by atoms with Crippen LogP contribution in [0.25, 0.3) is 0 Å². The maximum absolute atomic E-state index is 9.84. The molecule has 14 nitrogen and oxygen atoms in total. The van der Waals surface area contributed by atoms with E-state index < -0.39 is 74.6 Å². The van der Waals surface area contributed by atoms with Crippen LogP contribution >= 0.6 is 0 Å². The fraction of sp³-hybridized carbons (Fsp3) is 1.00. The molecule has 14 heteroatoms. The Balaban J connectivity index is 0. The molecule has 0 aromatic carbocycles. The van der Waals surface area contributed by atoms with Gasteiger partial charge in [-0.25, -0.2) is 0 Å². The molecule has 0 spiro atoms. The lowest BCUT2D eigenvalue weighted by Gasteiger charge is -2.44. The summed E-state index contributed by atoms with van der Waals surface area (Å²) in [4.78, 5) is 0. The van der Waals surface area contributed by atoms with Crippen LogP contribution in [0.1, 0.15) is 0 Å². The third-order valence-electron chi connectivity index (χ3n) is 3.97. The Kier molecular flexibility index (Phi) is 12.0. The molecule has 2 saturated heterocycles. The van der Waals surface area contributed by atoms with Gasteiger partial charge in [0.2, 0.25) is 0 Å². The first-order chi connectivity index (χ1) is 10.8. The zero-order valence-electron chi connectivity index (χ0n) is 13.5. The first-order valence-corrected chi connectivity index (χ1v) is 7.08. The Morgan fingerprint density at radius 2 is 0.846 bits per heavy atom. The van der Waals surface area contributed by atoms with Crippen LogP contribution in [0.3, 0.4) is 0 Å². The van der Waals surface area contributed by atoms with E-state index in [9.17, 15) is 30.6 Å². The molecule has 0 radical (unpaired) electrons. The highest BCUT2D eigenvalue weighted by Crippen LogP contribution is 2.27. The molecule has 0 bridgehead atoms. The quantitative estimate of drug-likeness (QED) is 0.221. The Morgan fingerprint density at radius 3 is 1.12 bits per heavy atom. The SMILES string of the molecule is O.O.O.OC[C@H]1O[C@H](O[C@H]2O[C@H](CO)[C@@H](O)[C@H](O)[C@H]2O)[C@H](O)[C@@H](O)[C@@H]1O. The van der Waals surface area contributed by atoms with Crippen LogP contribution in [-0.2, 0) is 14.2 Å². The van der Waals surface area contributed by atoms with E-state index in [1.54, 1.807) is 0 Å². The molecule has 2 heterocycles. The van der Waals surface area contributed by atoms with Gasteiger partial charge in [-0.3, -0.25) is 0 Å². The zero-order valence-corrected chi connectivity index (χ0v) is 13.5. The second kappa shape index (κ2) is 11.3. The van der Waals surface area contributed by atoms with Crippen LogP contribution in [0.5, 0.6) is 0 Å². The highest BCUT2D eigenvalue weighted by atomic mass is 16.8. The number of rotatable bonds is 4. The van der Waals surface area contributed by atoms with Gasteiger partial charge >= 0.3 is 0 Å². The predicted octanol–water partition coefficient (Wildman–Crippen LogP) is -7.87. The van der Waals surface area contributed by atoms with Crippen molar-refractivity contribution in [2.75, 3.05) is 13.2 Å². The van der Waals surface area contributed by atoms with E-state index in [1.165, 1.54) is 0 Å². The van der Waals surface area contributed by atoms with Crippen molar-refractivity contribution in [3.05, 3.63) is 0 Å². The van der Waals surface area contributed by atoms with E-state index in [-0.39, 0.29) is 16.4 Å². The maximum atomic E-state index is 9.84. The second-order valence-electron chi connectivity index (χ2n) is 5.53. The molecule has 2 fully saturated rings. The van der Waals surface area contributed by atoms with Crippen molar-refractivity contribution in [2.45, 2.75) is 61.4 Å². The molecule has 160 valence electrons. The standard InChI is InChI=1S/C12H22O11.3H2O/c13-1-3-5(15)7(17)9(19)11(21-3)23-12-10(20)8(18)6(16)4(2-14)22-12;;;/h3-20H,1-2H2;3*1H2/t3-,4-,5-,6-,7+,8+,9-,10-,11-,12-;;;/m1.../s1. The Labute approximate surface area is 147 Å². The third kappa shape index (κ3) is 5.24. The van der Waals surface area contributed by atoms with Crippen LogP contribution in [0.4, 0.5) is 0 Å². The monoisotopic (exact) mass is 396 g/mol. The molecule has 0 saturated carbocycles. The van der Waals surface area contributed by atoms with Crippen LogP contribution in [-0.4, -0.2) is 132 Å². The van der Waals surface area contributed by atoms with Gasteiger partial charge in [-0.05, 0) is 0 Å². The number of aliphatic hydroxyl groups excluding tert-OH is 8. The van der Waals surface area contributed by atoms with Crippen LogP contribution in [0.15, 0.2) is 0 Å². The van der Waals surface area contributed by atoms with Crippen molar-refractivity contribution in [2.24, 2.45) is 0 Å². The molecular weight excluding hydrogens is 368 g/mol. The van der Waals surface area contributed by atoms with Crippen LogP contribution in [0.2, 0.25) is 0 Å². The van der Waals surface area contributed by atoms with Crippen molar-refractivity contribution in [3.63, 3.8) is 0 Å². The predicted molar refractivity (Wildman–Crippen MR) is 79.5 cm³/mol. The first-order valence-electron chi connectivity index (χ1n) is 7.08. The molecule has 0 aromatic heterocycles. The fourth-order valence-electron chi connectivity index (χ4n) is 2.49. The second-order valence-corrected chi connectivity index (χ2v) is 5.53. The fourth-order valence-corrected chi connectivity index (χ4v) is 2.49. The summed E-state index contributed by atoms with van der Waals surface area (Å²) in [5.41, 5.74) is 0. The molecule has 14 N–H and O–H groups in total. The van der Waals surface area contributed by atoms with Crippen LogP contribution in [0, 0.1) is 0 Å². The van der Waals surface area contributed by atoms with Crippen LogP contribution < -0.4 is 0 Å². The highest BCUT2D eigenvalue weighted by Gasteiger charge is 2.49. The molecule has 0 unspecified atom stereocenters. The minimum atomic E-state index is -1.72. The molecule has 2 aliphatic heterocycles. The molecule has 10 atom stereocenters. The van der Waals surface area contributed by atoms with Gasteiger partial charge in [0, 0.05) is 0 Å². The molecule has 2 aliphatic rings.